The van der Waals surface area contributed by atoms with Crippen molar-refractivity contribution in [1.29, 1.82) is 0 Å². The van der Waals surface area contributed by atoms with Gasteiger partial charge in [-0.3, -0.25) is 4.79 Å². The molecule has 2 N–H and O–H groups in total. The van der Waals surface area contributed by atoms with E-state index in [0.29, 0.717) is 4.90 Å². The summed E-state index contributed by atoms with van der Waals surface area (Å²) in [6.07, 6.45) is -4.71. The first-order valence-corrected chi connectivity index (χ1v) is 10.4. The van der Waals surface area contributed by atoms with E-state index >= 15 is 0 Å². The first kappa shape index (κ1) is 23.4. The Bertz CT molecular complexity index is 1020. The van der Waals surface area contributed by atoms with Crippen molar-refractivity contribution in [3.05, 3.63) is 65.0 Å². The van der Waals surface area contributed by atoms with E-state index in [1.54, 1.807) is 18.2 Å². The Morgan fingerprint density at radius 2 is 1.70 bits per heavy atom. The molecule has 1 aromatic heterocycles. The zero-order valence-corrected chi connectivity index (χ0v) is 17.5. The van der Waals surface area contributed by atoms with Gasteiger partial charge in [0.25, 0.3) is 6.47 Å². The number of hydrogen-bond donors (Lipinski definition) is 2. The second-order valence-corrected chi connectivity index (χ2v) is 8.33. The van der Waals surface area contributed by atoms with E-state index < -0.39 is 17.3 Å². The summed E-state index contributed by atoms with van der Waals surface area (Å²) in [5, 5.41) is 6.89. The number of rotatable bonds is 5. The molecule has 0 radical (unpaired) electrons. The highest BCUT2D eigenvalue weighted by Crippen LogP contribution is 2.36. The summed E-state index contributed by atoms with van der Waals surface area (Å²) in [6, 6.07) is 14.9. The second kappa shape index (κ2) is 10.3. The minimum Gasteiger partial charge on any atom is -0.483 e. The summed E-state index contributed by atoms with van der Waals surface area (Å²) in [5.74, 6) is -0.265. The van der Waals surface area contributed by atoms with Crippen LogP contribution in [0.25, 0.3) is 10.4 Å². The van der Waals surface area contributed by atoms with E-state index in [4.69, 9.17) is 9.90 Å². The molecule has 30 heavy (non-hydrogen) atoms. The zero-order chi connectivity index (χ0) is 22.3. The average Bonchev–Trinajstić information content (AvgIpc) is 3.02. The Morgan fingerprint density at radius 1 is 1.10 bits per heavy atom. The molecule has 0 fully saturated rings. The van der Waals surface area contributed by atoms with E-state index in [1.165, 1.54) is 23.5 Å². The molecule has 3 rings (SSSR count). The van der Waals surface area contributed by atoms with Crippen molar-refractivity contribution in [2.75, 3.05) is 4.72 Å². The van der Waals surface area contributed by atoms with Gasteiger partial charge < -0.3 is 14.6 Å². The number of carboxylic acid groups (broad SMARTS) is 1. The monoisotopic (exact) mass is 457 g/mol. The van der Waals surface area contributed by atoms with Gasteiger partial charge >= 0.3 is 6.36 Å². The summed E-state index contributed by atoms with van der Waals surface area (Å²) >= 11 is 1.47. The lowest BCUT2D eigenvalue weighted by Crippen LogP contribution is -2.16. The summed E-state index contributed by atoms with van der Waals surface area (Å²) in [6.45, 7) is 3.54. The van der Waals surface area contributed by atoms with Gasteiger partial charge in [-0.1, -0.05) is 18.2 Å². The minimum atomic E-state index is -4.71. The van der Waals surface area contributed by atoms with Crippen LogP contribution in [0, 0.1) is 13.8 Å². The maximum Gasteiger partial charge on any atom is 0.573 e. The SMILES string of the molecule is Cc1ccccc1S(=O)Nc1cc(-c2ccc(OC(F)(F)F)cc2)sc1C.O=CO. The molecule has 1 unspecified atom stereocenters. The number of halogens is 3. The van der Waals surface area contributed by atoms with Gasteiger partial charge in [0.2, 0.25) is 0 Å². The van der Waals surface area contributed by atoms with Gasteiger partial charge in [-0.05, 0) is 61.4 Å². The van der Waals surface area contributed by atoms with Crippen molar-refractivity contribution >= 4 is 34.5 Å². The Balaban J connectivity index is 0.00000101. The predicted molar refractivity (Wildman–Crippen MR) is 111 cm³/mol. The van der Waals surface area contributed by atoms with E-state index in [-0.39, 0.29) is 12.2 Å². The van der Waals surface area contributed by atoms with Crippen LogP contribution in [0.1, 0.15) is 10.4 Å². The third kappa shape index (κ3) is 6.60. The maximum absolute atomic E-state index is 12.6. The van der Waals surface area contributed by atoms with Crippen LogP contribution in [-0.2, 0) is 15.8 Å². The first-order chi connectivity index (χ1) is 14.1. The molecule has 3 aromatic rings. The van der Waals surface area contributed by atoms with Crippen LogP contribution < -0.4 is 9.46 Å². The molecule has 1 atom stereocenters. The number of thiophene rings is 1. The molecule has 0 aliphatic heterocycles. The Morgan fingerprint density at radius 3 is 2.27 bits per heavy atom. The van der Waals surface area contributed by atoms with Gasteiger partial charge in [0.15, 0.2) is 11.0 Å². The lowest BCUT2D eigenvalue weighted by atomic mass is 10.2. The smallest absolute Gasteiger partial charge is 0.483 e. The zero-order valence-electron chi connectivity index (χ0n) is 15.9. The molecule has 0 aliphatic carbocycles. The van der Waals surface area contributed by atoms with Crippen LogP contribution in [-0.4, -0.2) is 22.2 Å². The van der Waals surface area contributed by atoms with Crippen LogP contribution in [0.3, 0.4) is 0 Å². The molecule has 5 nitrogen and oxygen atoms in total. The summed E-state index contributed by atoms with van der Waals surface area (Å²) in [5.41, 5.74) is 2.41. The normalized spacial score (nSPS) is 11.8. The molecular weight excluding hydrogens is 439 g/mol. The van der Waals surface area contributed by atoms with Gasteiger partial charge in [-0.25, -0.2) is 4.21 Å². The quantitative estimate of drug-likeness (QED) is 0.477. The van der Waals surface area contributed by atoms with Gasteiger partial charge in [0.05, 0.1) is 10.6 Å². The topological polar surface area (TPSA) is 75.6 Å². The van der Waals surface area contributed by atoms with Crippen LogP contribution in [0.4, 0.5) is 18.9 Å². The molecule has 0 saturated heterocycles. The van der Waals surface area contributed by atoms with Crippen LogP contribution in [0.5, 0.6) is 5.75 Å². The Kier molecular flexibility index (Phi) is 8.01. The van der Waals surface area contributed by atoms with Crippen molar-refractivity contribution in [3.8, 4) is 16.2 Å². The summed E-state index contributed by atoms with van der Waals surface area (Å²) < 4.78 is 56.2. The van der Waals surface area contributed by atoms with Crippen molar-refractivity contribution in [2.45, 2.75) is 25.1 Å². The molecule has 1 heterocycles. The number of aryl methyl sites for hydroxylation is 2. The highest BCUT2D eigenvalue weighted by atomic mass is 32.2. The summed E-state index contributed by atoms with van der Waals surface area (Å²) in [7, 11) is -1.40. The van der Waals surface area contributed by atoms with Gasteiger partial charge in [0, 0.05) is 9.75 Å². The third-order valence-corrected chi connectivity index (χ3v) is 6.15. The number of alkyl halides is 3. The molecule has 2 aromatic carbocycles. The number of carbonyl (C=O) groups is 1. The predicted octanol–water partition coefficient (Wildman–Crippen LogP) is 5.77. The van der Waals surface area contributed by atoms with E-state index in [2.05, 4.69) is 9.46 Å². The molecule has 0 amide bonds. The van der Waals surface area contributed by atoms with Gasteiger partial charge in [-0.15, -0.1) is 24.5 Å². The fourth-order valence-corrected chi connectivity index (χ4v) is 4.60. The lowest BCUT2D eigenvalue weighted by Gasteiger charge is -2.08. The molecule has 0 spiro atoms. The third-order valence-electron chi connectivity index (χ3n) is 3.79. The fourth-order valence-electron chi connectivity index (χ4n) is 2.47. The maximum atomic E-state index is 12.6. The van der Waals surface area contributed by atoms with Crippen molar-refractivity contribution in [2.24, 2.45) is 0 Å². The van der Waals surface area contributed by atoms with Crippen LogP contribution in [0.2, 0.25) is 0 Å². The molecule has 160 valence electrons. The number of nitrogens with one attached hydrogen (secondary N) is 1. The molecule has 10 heteroatoms. The van der Waals surface area contributed by atoms with Crippen LogP contribution >= 0.6 is 11.3 Å². The number of hydrogen-bond acceptors (Lipinski definition) is 4. The van der Waals surface area contributed by atoms with Gasteiger partial charge in [0.1, 0.15) is 5.75 Å². The van der Waals surface area contributed by atoms with Gasteiger partial charge in [-0.2, -0.15) is 0 Å². The molecular formula is C20H18F3NO4S2. The highest BCUT2D eigenvalue weighted by Gasteiger charge is 2.31. The Labute approximate surface area is 177 Å². The Hall–Kier alpha value is -2.85. The number of ether oxygens (including phenoxy) is 1. The molecule has 0 saturated carbocycles. The number of anilines is 1. The molecule has 0 bridgehead atoms. The lowest BCUT2D eigenvalue weighted by molar-refractivity contribution is -0.274. The van der Waals surface area contributed by atoms with E-state index in [1.807, 2.05) is 38.1 Å². The standard InChI is InChI=1S/C19H16F3NO2S2.CH2O2/c1-12-5-3-4-6-18(12)27(24)23-16-11-17(26-13(16)2)14-7-9-15(10-8-14)25-19(20,21)22;2-1-3/h3-11,23H,1-2H3;1H,(H,2,3). The second-order valence-electron chi connectivity index (χ2n) is 5.89. The fraction of sp³-hybridized carbons (Fsp3) is 0.150. The first-order valence-electron chi connectivity index (χ1n) is 8.43. The average molecular weight is 457 g/mol. The molecule has 0 aliphatic rings. The minimum absolute atomic E-state index is 0.250. The van der Waals surface area contributed by atoms with Crippen LogP contribution in [0.15, 0.2) is 59.5 Å². The largest absolute Gasteiger partial charge is 0.573 e. The van der Waals surface area contributed by atoms with Crippen molar-refractivity contribution in [3.63, 3.8) is 0 Å². The number of benzene rings is 2. The summed E-state index contributed by atoms with van der Waals surface area (Å²) in [4.78, 5) is 10.9. The van der Waals surface area contributed by atoms with E-state index in [9.17, 15) is 17.4 Å². The van der Waals surface area contributed by atoms with Crippen molar-refractivity contribution in [1.82, 2.24) is 0 Å². The van der Waals surface area contributed by atoms with E-state index in [0.717, 1.165) is 26.6 Å². The van der Waals surface area contributed by atoms with Crippen molar-refractivity contribution < 1.29 is 32.0 Å². The highest BCUT2D eigenvalue weighted by molar-refractivity contribution is 7.86.